The monoisotopic (exact) mass is 231 g/mol. The summed E-state index contributed by atoms with van der Waals surface area (Å²) in [4.78, 5) is 15.9. The van der Waals surface area contributed by atoms with Gasteiger partial charge in [0, 0.05) is 5.69 Å². The first-order valence-electron chi connectivity index (χ1n) is 5.49. The summed E-state index contributed by atoms with van der Waals surface area (Å²) in [6.45, 7) is 5.59. The number of pyridine rings is 1. The third-order valence-electron chi connectivity index (χ3n) is 2.55. The summed E-state index contributed by atoms with van der Waals surface area (Å²) >= 11 is 0. The molecular weight excluding hydrogens is 214 g/mol. The Bertz CT molecular complexity index is 450. The average molecular weight is 231 g/mol. The fourth-order valence-corrected chi connectivity index (χ4v) is 1.24. The molecule has 2 amide bonds. The summed E-state index contributed by atoms with van der Waals surface area (Å²) in [5.74, 6) is 3.08. The molecule has 0 bridgehead atoms. The molecular formula is C13H17N3O. The summed E-state index contributed by atoms with van der Waals surface area (Å²) in [5, 5.41) is 5.38. The second kappa shape index (κ2) is 5.35. The zero-order valence-corrected chi connectivity index (χ0v) is 10.4. The molecule has 0 radical (unpaired) electrons. The number of rotatable bonds is 3. The highest BCUT2D eigenvalue weighted by molar-refractivity contribution is 5.89. The molecule has 2 N–H and O–H groups in total. The minimum absolute atomic E-state index is 0.342. The summed E-state index contributed by atoms with van der Waals surface area (Å²) < 4.78 is 0. The summed E-state index contributed by atoms with van der Waals surface area (Å²) in [6.07, 6.45) is 6.04. The van der Waals surface area contributed by atoms with Crippen molar-refractivity contribution in [3.05, 3.63) is 23.9 Å². The number of urea groups is 1. The van der Waals surface area contributed by atoms with Crippen molar-refractivity contribution in [2.24, 2.45) is 0 Å². The maximum absolute atomic E-state index is 11.7. The number of carbonyl (C=O) groups excluding carboxylic acids is 1. The summed E-state index contributed by atoms with van der Waals surface area (Å²) in [5.41, 5.74) is 0.214. The van der Waals surface area contributed by atoms with Crippen molar-refractivity contribution in [1.29, 1.82) is 0 Å². The van der Waals surface area contributed by atoms with E-state index in [2.05, 4.69) is 21.5 Å². The van der Waals surface area contributed by atoms with Gasteiger partial charge in [0.15, 0.2) is 0 Å². The largest absolute Gasteiger partial charge is 0.322 e. The van der Waals surface area contributed by atoms with E-state index < -0.39 is 5.54 Å². The van der Waals surface area contributed by atoms with Crippen LogP contribution in [-0.2, 0) is 0 Å². The Balaban J connectivity index is 2.65. The van der Waals surface area contributed by atoms with Gasteiger partial charge in [-0.3, -0.25) is 5.32 Å². The molecule has 17 heavy (non-hydrogen) atoms. The van der Waals surface area contributed by atoms with Crippen molar-refractivity contribution in [2.75, 3.05) is 5.32 Å². The van der Waals surface area contributed by atoms with Crippen molar-refractivity contribution in [3.8, 4) is 12.3 Å². The normalized spacial score (nSPS) is 13.3. The van der Waals surface area contributed by atoms with Gasteiger partial charge in [-0.15, -0.1) is 6.42 Å². The van der Waals surface area contributed by atoms with Crippen LogP contribution in [0.1, 0.15) is 26.0 Å². The van der Waals surface area contributed by atoms with Crippen molar-refractivity contribution in [2.45, 2.75) is 32.7 Å². The van der Waals surface area contributed by atoms with Crippen LogP contribution >= 0.6 is 0 Å². The second-order valence-electron chi connectivity index (χ2n) is 4.07. The molecule has 0 saturated heterocycles. The standard InChI is InChI=1S/C13H17N3O/c1-5-13(4,6-2)16-12(17)15-11-9-7-8-10(3)14-11/h1,7-9H,6H2,2-4H3,(H2,14,15,16,17)/t13-/m0/s1. The molecule has 4 heteroatoms. The van der Waals surface area contributed by atoms with Crippen molar-refractivity contribution >= 4 is 11.8 Å². The number of nitrogens with zero attached hydrogens (tertiary/aromatic N) is 1. The Labute approximate surface area is 102 Å². The van der Waals surface area contributed by atoms with E-state index in [-0.39, 0.29) is 6.03 Å². The van der Waals surface area contributed by atoms with E-state index in [1.807, 2.05) is 26.0 Å². The lowest BCUT2D eigenvalue weighted by Gasteiger charge is -2.23. The highest BCUT2D eigenvalue weighted by Crippen LogP contribution is 2.08. The van der Waals surface area contributed by atoms with Crippen LogP contribution in [0.2, 0.25) is 0 Å². The fourth-order valence-electron chi connectivity index (χ4n) is 1.24. The zero-order valence-electron chi connectivity index (χ0n) is 10.4. The van der Waals surface area contributed by atoms with E-state index >= 15 is 0 Å². The Morgan fingerprint density at radius 2 is 2.29 bits per heavy atom. The first-order valence-corrected chi connectivity index (χ1v) is 5.49. The van der Waals surface area contributed by atoms with Crippen LogP contribution in [0.25, 0.3) is 0 Å². The predicted molar refractivity (Wildman–Crippen MR) is 68.7 cm³/mol. The Kier molecular flexibility index (Phi) is 4.11. The van der Waals surface area contributed by atoms with E-state index in [4.69, 9.17) is 6.42 Å². The van der Waals surface area contributed by atoms with Crippen molar-refractivity contribution in [3.63, 3.8) is 0 Å². The molecule has 1 rings (SSSR count). The molecule has 1 aromatic rings. The molecule has 0 spiro atoms. The number of amides is 2. The maximum atomic E-state index is 11.7. The smallest absolute Gasteiger partial charge is 0.321 e. The minimum Gasteiger partial charge on any atom is -0.322 e. The zero-order chi connectivity index (χ0) is 12.9. The van der Waals surface area contributed by atoms with Crippen LogP contribution in [0.3, 0.4) is 0 Å². The number of terminal acetylenes is 1. The van der Waals surface area contributed by atoms with Gasteiger partial charge in [-0.05, 0) is 32.4 Å². The quantitative estimate of drug-likeness (QED) is 0.784. The second-order valence-corrected chi connectivity index (χ2v) is 4.07. The Hall–Kier alpha value is -2.02. The van der Waals surface area contributed by atoms with E-state index in [0.717, 1.165) is 5.69 Å². The van der Waals surface area contributed by atoms with Crippen LogP contribution < -0.4 is 10.6 Å². The van der Waals surface area contributed by atoms with Gasteiger partial charge < -0.3 is 5.32 Å². The minimum atomic E-state index is -0.631. The summed E-state index contributed by atoms with van der Waals surface area (Å²) in [6, 6.07) is 5.08. The molecule has 0 unspecified atom stereocenters. The fraction of sp³-hybridized carbons (Fsp3) is 0.385. The molecule has 4 nitrogen and oxygen atoms in total. The number of anilines is 1. The van der Waals surface area contributed by atoms with Crippen LogP contribution in [0.4, 0.5) is 10.6 Å². The molecule has 1 atom stereocenters. The first-order chi connectivity index (χ1) is 7.99. The van der Waals surface area contributed by atoms with Gasteiger partial charge >= 0.3 is 6.03 Å². The van der Waals surface area contributed by atoms with E-state index in [9.17, 15) is 4.79 Å². The van der Waals surface area contributed by atoms with Crippen LogP contribution in [0, 0.1) is 19.3 Å². The topological polar surface area (TPSA) is 54.0 Å². The van der Waals surface area contributed by atoms with Gasteiger partial charge in [0.25, 0.3) is 0 Å². The van der Waals surface area contributed by atoms with Crippen molar-refractivity contribution in [1.82, 2.24) is 10.3 Å². The third-order valence-corrected chi connectivity index (χ3v) is 2.55. The molecule has 0 aliphatic heterocycles. The summed E-state index contributed by atoms with van der Waals surface area (Å²) in [7, 11) is 0. The van der Waals surface area contributed by atoms with E-state index in [0.29, 0.717) is 12.2 Å². The number of hydrogen-bond donors (Lipinski definition) is 2. The molecule has 1 heterocycles. The first kappa shape index (κ1) is 13.0. The van der Waals surface area contributed by atoms with Crippen LogP contribution in [0.5, 0.6) is 0 Å². The van der Waals surface area contributed by atoms with E-state index in [1.165, 1.54) is 0 Å². The molecule has 0 saturated carbocycles. The van der Waals surface area contributed by atoms with E-state index in [1.54, 1.807) is 13.0 Å². The number of nitrogens with one attached hydrogen (secondary N) is 2. The van der Waals surface area contributed by atoms with Crippen molar-refractivity contribution < 1.29 is 4.79 Å². The SMILES string of the molecule is C#C[C@@](C)(CC)NC(=O)Nc1cccc(C)n1. The highest BCUT2D eigenvalue weighted by atomic mass is 16.2. The Morgan fingerprint density at radius 3 is 2.82 bits per heavy atom. The maximum Gasteiger partial charge on any atom is 0.321 e. The molecule has 1 aromatic heterocycles. The Morgan fingerprint density at radius 1 is 1.59 bits per heavy atom. The predicted octanol–water partition coefficient (Wildman–Crippen LogP) is 2.31. The average Bonchev–Trinajstić information content (AvgIpc) is 2.28. The molecule has 0 aliphatic rings. The number of hydrogen-bond acceptors (Lipinski definition) is 2. The van der Waals surface area contributed by atoms with Gasteiger partial charge in [0.2, 0.25) is 0 Å². The highest BCUT2D eigenvalue weighted by Gasteiger charge is 2.21. The number of aryl methyl sites for hydroxylation is 1. The van der Waals surface area contributed by atoms with Gasteiger partial charge in [0.1, 0.15) is 5.82 Å². The van der Waals surface area contributed by atoms with Crippen LogP contribution in [-0.4, -0.2) is 16.6 Å². The van der Waals surface area contributed by atoms with Gasteiger partial charge in [0.05, 0.1) is 5.54 Å². The number of aromatic nitrogens is 1. The van der Waals surface area contributed by atoms with Gasteiger partial charge in [-0.1, -0.05) is 18.9 Å². The lowest BCUT2D eigenvalue weighted by Crippen LogP contribution is -2.46. The third kappa shape index (κ3) is 3.80. The van der Waals surface area contributed by atoms with Crippen LogP contribution in [0.15, 0.2) is 18.2 Å². The molecule has 0 fully saturated rings. The molecule has 0 aliphatic carbocycles. The van der Waals surface area contributed by atoms with Gasteiger partial charge in [-0.2, -0.15) is 0 Å². The lowest BCUT2D eigenvalue weighted by atomic mass is 10.0. The molecule has 0 aromatic carbocycles. The van der Waals surface area contributed by atoms with Gasteiger partial charge in [-0.25, -0.2) is 9.78 Å². The molecule has 90 valence electrons. The lowest BCUT2D eigenvalue weighted by molar-refractivity contribution is 0.245. The number of carbonyl (C=O) groups is 1.